The Hall–Kier alpha value is -2.45. The zero-order valence-corrected chi connectivity index (χ0v) is 10.8. The first kappa shape index (κ1) is 11.6. The predicted octanol–water partition coefficient (Wildman–Crippen LogP) is 3.33. The molecular weight excluding hydrogens is 262 g/mol. The van der Waals surface area contributed by atoms with E-state index >= 15 is 0 Å². The lowest BCUT2D eigenvalue weighted by Gasteiger charge is -2.07. The van der Waals surface area contributed by atoms with Crippen molar-refractivity contribution in [1.82, 2.24) is 19.7 Å². The summed E-state index contributed by atoms with van der Waals surface area (Å²) in [5.74, 6) is 0. The number of aryl methyl sites for hydroxylation is 1. The van der Waals surface area contributed by atoms with E-state index in [9.17, 15) is 0 Å². The van der Waals surface area contributed by atoms with Crippen LogP contribution in [0.4, 0.5) is 5.69 Å². The molecule has 2 aromatic heterocycles. The van der Waals surface area contributed by atoms with Crippen molar-refractivity contribution in [2.75, 3.05) is 0 Å². The van der Waals surface area contributed by atoms with Gasteiger partial charge in [-0.3, -0.25) is 0 Å². The molecule has 0 saturated carbocycles. The number of nitrogens with zero attached hydrogens (tertiary/aromatic N) is 5. The van der Waals surface area contributed by atoms with Crippen LogP contribution < -0.4 is 0 Å². The van der Waals surface area contributed by atoms with E-state index in [2.05, 4.69) is 19.9 Å². The summed E-state index contributed by atoms with van der Waals surface area (Å²) < 4.78 is 1.67. The van der Waals surface area contributed by atoms with E-state index in [1.807, 2.05) is 13.0 Å². The lowest BCUT2D eigenvalue weighted by molar-refractivity contribution is 0.888. The third-order valence-corrected chi connectivity index (χ3v) is 3.17. The van der Waals surface area contributed by atoms with Gasteiger partial charge in [-0.2, -0.15) is 5.10 Å². The van der Waals surface area contributed by atoms with Crippen LogP contribution in [-0.4, -0.2) is 19.7 Å². The van der Waals surface area contributed by atoms with Crippen molar-refractivity contribution >= 4 is 28.3 Å². The Morgan fingerprint density at radius 3 is 2.95 bits per heavy atom. The molecule has 0 aliphatic rings. The van der Waals surface area contributed by atoms with E-state index in [0.29, 0.717) is 21.9 Å². The first-order valence-corrected chi connectivity index (χ1v) is 5.91. The van der Waals surface area contributed by atoms with Crippen LogP contribution in [0.3, 0.4) is 0 Å². The zero-order chi connectivity index (χ0) is 13.4. The number of rotatable bonds is 1. The van der Waals surface area contributed by atoms with E-state index in [4.69, 9.17) is 18.2 Å². The summed E-state index contributed by atoms with van der Waals surface area (Å²) in [5, 5.41) is 5.35. The number of aromatic nitrogens is 4. The van der Waals surface area contributed by atoms with E-state index in [-0.39, 0.29) is 0 Å². The quantitative estimate of drug-likeness (QED) is 0.503. The van der Waals surface area contributed by atoms with Crippen molar-refractivity contribution in [1.29, 1.82) is 0 Å². The molecule has 92 valence electrons. The Bertz CT molecular complexity index is 816. The van der Waals surface area contributed by atoms with Gasteiger partial charge in [-0.15, -0.1) is 0 Å². The molecule has 0 unspecified atom stereocenters. The highest BCUT2D eigenvalue weighted by atomic mass is 35.5. The van der Waals surface area contributed by atoms with Gasteiger partial charge in [0.2, 0.25) is 0 Å². The molecule has 2 heterocycles. The first-order chi connectivity index (χ1) is 9.20. The van der Waals surface area contributed by atoms with Crippen LogP contribution in [0.2, 0.25) is 5.15 Å². The standard InChI is InChI=1S/C13H8ClN5/c1-8-3-4-9(15-2)5-11(8)19-13-10(6-18-19)12(14)16-7-17-13/h3-7H,1H3. The summed E-state index contributed by atoms with van der Waals surface area (Å²) in [4.78, 5) is 11.6. The Kier molecular flexibility index (Phi) is 2.65. The fraction of sp³-hybridized carbons (Fsp3) is 0.0769. The molecule has 0 bridgehead atoms. The van der Waals surface area contributed by atoms with Crippen LogP contribution in [0.15, 0.2) is 30.7 Å². The van der Waals surface area contributed by atoms with Gasteiger partial charge in [0.1, 0.15) is 11.5 Å². The summed E-state index contributed by atoms with van der Waals surface area (Å²) in [7, 11) is 0. The second-order valence-corrected chi connectivity index (χ2v) is 4.40. The average Bonchev–Trinajstić information content (AvgIpc) is 2.85. The molecule has 0 N–H and O–H groups in total. The molecule has 1 aromatic carbocycles. The molecule has 0 saturated heterocycles. The van der Waals surface area contributed by atoms with Crippen LogP contribution in [0.25, 0.3) is 21.6 Å². The molecule has 0 radical (unpaired) electrons. The van der Waals surface area contributed by atoms with E-state index < -0.39 is 0 Å². The molecular formula is C13H8ClN5. The van der Waals surface area contributed by atoms with Crippen molar-refractivity contribution in [2.45, 2.75) is 6.92 Å². The monoisotopic (exact) mass is 269 g/mol. The Labute approximate surface area is 114 Å². The topological polar surface area (TPSA) is 48.0 Å². The number of hydrogen-bond donors (Lipinski definition) is 0. The number of benzene rings is 1. The summed E-state index contributed by atoms with van der Waals surface area (Å²) >= 11 is 6.00. The van der Waals surface area contributed by atoms with Gasteiger partial charge in [0.15, 0.2) is 11.3 Å². The highest BCUT2D eigenvalue weighted by Crippen LogP contribution is 2.25. The summed E-state index contributed by atoms with van der Waals surface area (Å²) in [6, 6.07) is 5.45. The van der Waals surface area contributed by atoms with Gasteiger partial charge in [0, 0.05) is 0 Å². The van der Waals surface area contributed by atoms with Crippen LogP contribution in [0, 0.1) is 13.5 Å². The lowest BCUT2D eigenvalue weighted by atomic mass is 10.2. The van der Waals surface area contributed by atoms with Gasteiger partial charge in [-0.05, 0) is 18.6 Å². The molecule has 0 spiro atoms. The van der Waals surface area contributed by atoms with Crippen LogP contribution >= 0.6 is 11.6 Å². The van der Waals surface area contributed by atoms with Crippen molar-refractivity contribution in [3.63, 3.8) is 0 Å². The van der Waals surface area contributed by atoms with Crippen LogP contribution in [-0.2, 0) is 0 Å². The van der Waals surface area contributed by atoms with Crippen molar-refractivity contribution in [2.24, 2.45) is 0 Å². The Balaban J connectivity index is 2.31. The summed E-state index contributed by atoms with van der Waals surface area (Å²) in [6.07, 6.45) is 3.03. The largest absolute Gasteiger partial charge is 0.238 e. The fourth-order valence-electron chi connectivity index (χ4n) is 1.89. The van der Waals surface area contributed by atoms with Gasteiger partial charge < -0.3 is 0 Å². The Morgan fingerprint density at radius 1 is 1.32 bits per heavy atom. The minimum absolute atomic E-state index is 0.371. The van der Waals surface area contributed by atoms with Gasteiger partial charge in [-0.25, -0.2) is 19.5 Å². The summed E-state index contributed by atoms with van der Waals surface area (Å²) in [6.45, 7) is 9.04. The Morgan fingerprint density at radius 2 is 2.16 bits per heavy atom. The van der Waals surface area contributed by atoms with E-state index in [1.165, 1.54) is 6.33 Å². The highest BCUT2D eigenvalue weighted by Gasteiger charge is 2.11. The molecule has 0 aliphatic heterocycles. The third-order valence-electron chi connectivity index (χ3n) is 2.87. The molecule has 5 nitrogen and oxygen atoms in total. The van der Waals surface area contributed by atoms with Crippen LogP contribution in [0.1, 0.15) is 5.56 Å². The maximum atomic E-state index is 7.08. The van der Waals surface area contributed by atoms with Gasteiger partial charge in [0.05, 0.1) is 23.8 Å². The molecule has 0 aliphatic carbocycles. The average molecular weight is 270 g/mol. The van der Waals surface area contributed by atoms with E-state index in [1.54, 1.807) is 23.0 Å². The summed E-state index contributed by atoms with van der Waals surface area (Å²) in [5.41, 5.74) is 3.01. The number of fused-ring (bicyclic) bond motifs is 1. The molecule has 0 atom stereocenters. The minimum Gasteiger partial charge on any atom is -0.238 e. The van der Waals surface area contributed by atoms with Crippen molar-refractivity contribution in [3.8, 4) is 5.69 Å². The third kappa shape index (κ3) is 1.83. The molecule has 0 amide bonds. The van der Waals surface area contributed by atoms with Crippen molar-refractivity contribution in [3.05, 3.63) is 52.9 Å². The second-order valence-electron chi connectivity index (χ2n) is 4.04. The van der Waals surface area contributed by atoms with Gasteiger partial charge in [0.25, 0.3) is 0 Å². The van der Waals surface area contributed by atoms with Crippen molar-refractivity contribution < 1.29 is 0 Å². The van der Waals surface area contributed by atoms with Gasteiger partial charge >= 0.3 is 0 Å². The SMILES string of the molecule is [C-]#[N+]c1ccc(C)c(-n2ncc3c(Cl)ncnc32)c1. The van der Waals surface area contributed by atoms with E-state index in [0.717, 1.165) is 11.3 Å². The molecule has 0 fully saturated rings. The fourth-order valence-corrected chi connectivity index (χ4v) is 2.06. The minimum atomic E-state index is 0.371. The molecule has 19 heavy (non-hydrogen) atoms. The predicted molar refractivity (Wildman–Crippen MR) is 72.7 cm³/mol. The maximum absolute atomic E-state index is 7.08. The normalized spacial score (nSPS) is 10.6. The zero-order valence-electron chi connectivity index (χ0n) is 10.0. The lowest BCUT2D eigenvalue weighted by Crippen LogP contribution is -2.00. The maximum Gasteiger partial charge on any atom is 0.189 e. The van der Waals surface area contributed by atoms with Crippen LogP contribution in [0.5, 0.6) is 0 Å². The second kappa shape index (κ2) is 4.34. The molecule has 3 rings (SSSR count). The smallest absolute Gasteiger partial charge is 0.189 e. The number of hydrogen-bond acceptors (Lipinski definition) is 3. The highest BCUT2D eigenvalue weighted by molar-refractivity contribution is 6.33. The molecule has 6 heteroatoms. The number of halogens is 1. The molecule has 3 aromatic rings. The first-order valence-electron chi connectivity index (χ1n) is 5.53. The van der Waals surface area contributed by atoms with Gasteiger partial charge in [-0.1, -0.05) is 23.7 Å².